The third kappa shape index (κ3) is 3.24. The summed E-state index contributed by atoms with van der Waals surface area (Å²) in [5.74, 6) is 0.989. The Bertz CT molecular complexity index is 576. The molecule has 0 aromatic heterocycles. The number of methoxy groups -OCH3 is 1. The second-order valence-corrected chi connectivity index (χ2v) is 5.66. The molecule has 0 aliphatic carbocycles. The van der Waals surface area contributed by atoms with Gasteiger partial charge in [-0.1, -0.05) is 6.92 Å². The summed E-state index contributed by atoms with van der Waals surface area (Å²) in [5, 5.41) is 0. The van der Waals surface area contributed by atoms with Gasteiger partial charge < -0.3 is 14.5 Å². The number of aryl methyl sites for hydroxylation is 2. The standard InChI is InChI=1S/C17H24N2O3/c1-5-16(20)18-6-8-19(9-7-18)17(21)14-10-13(3)15(22-4)11-12(14)2/h10-11H,5-9H2,1-4H3. The van der Waals surface area contributed by atoms with Gasteiger partial charge in [-0.25, -0.2) is 0 Å². The molecule has 1 aromatic rings. The predicted octanol–water partition coefficient (Wildman–Crippen LogP) is 2.01. The van der Waals surface area contributed by atoms with E-state index < -0.39 is 0 Å². The fraction of sp³-hybridized carbons (Fsp3) is 0.529. The summed E-state index contributed by atoms with van der Waals surface area (Å²) >= 11 is 0. The van der Waals surface area contributed by atoms with E-state index in [9.17, 15) is 9.59 Å². The number of carbonyl (C=O) groups excluding carboxylic acids is 2. The molecule has 5 heteroatoms. The van der Waals surface area contributed by atoms with Gasteiger partial charge in [0.15, 0.2) is 0 Å². The van der Waals surface area contributed by atoms with Gasteiger partial charge in [0, 0.05) is 38.2 Å². The molecule has 120 valence electrons. The lowest BCUT2D eigenvalue weighted by molar-refractivity contribution is -0.132. The second-order valence-electron chi connectivity index (χ2n) is 5.66. The van der Waals surface area contributed by atoms with Crippen molar-refractivity contribution in [3.05, 3.63) is 28.8 Å². The van der Waals surface area contributed by atoms with E-state index in [2.05, 4.69) is 0 Å². The molecule has 2 rings (SSSR count). The van der Waals surface area contributed by atoms with Gasteiger partial charge in [0.1, 0.15) is 5.75 Å². The summed E-state index contributed by atoms with van der Waals surface area (Å²) in [5.41, 5.74) is 2.59. The summed E-state index contributed by atoms with van der Waals surface area (Å²) in [7, 11) is 1.63. The monoisotopic (exact) mass is 304 g/mol. The van der Waals surface area contributed by atoms with E-state index >= 15 is 0 Å². The van der Waals surface area contributed by atoms with Gasteiger partial charge in [-0.3, -0.25) is 9.59 Å². The normalized spacial score (nSPS) is 14.9. The summed E-state index contributed by atoms with van der Waals surface area (Å²) in [6.07, 6.45) is 0.519. The summed E-state index contributed by atoms with van der Waals surface area (Å²) in [6.45, 7) is 8.14. The number of rotatable bonds is 3. The molecule has 0 N–H and O–H groups in total. The highest BCUT2D eigenvalue weighted by Crippen LogP contribution is 2.24. The first-order valence-corrected chi connectivity index (χ1v) is 7.70. The lowest BCUT2D eigenvalue weighted by Gasteiger charge is -2.35. The van der Waals surface area contributed by atoms with E-state index in [1.807, 2.05) is 42.7 Å². The highest BCUT2D eigenvalue weighted by atomic mass is 16.5. The minimum Gasteiger partial charge on any atom is -0.496 e. The maximum atomic E-state index is 12.7. The van der Waals surface area contributed by atoms with Crippen LogP contribution in [0.3, 0.4) is 0 Å². The number of hydrogen-bond donors (Lipinski definition) is 0. The summed E-state index contributed by atoms with van der Waals surface area (Å²) in [6, 6.07) is 3.79. The molecule has 0 bridgehead atoms. The van der Waals surface area contributed by atoms with E-state index in [0.717, 1.165) is 16.9 Å². The van der Waals surface area contributed by atoms with E-state index in [1.165, 1.54) is 0 Å². The number of amides is 2. The van der Waals surface area contributed by atoms with Crippen LogP contribution in [0.4, 0.5) is 0 Å². The van der Waals surface area contributed by atoms with Crippen molar-refractivity contribution in [2.45, 2.75) is 27.2 Å². The Labute approximate surface area is 131 Å². The maximum Gasteiger partial charge on any atom is 0.254 e. The molecule has 0 unspecified atom stereocenters. The molecule has 0 radical (unpaired) electrons. The van der Waals surface area contributed by atoms with Crippen molar-refractivity contribution in [3.8, 4) is 5.75 Å². The smallest absolute Gasteiger partial charge is 0.254 e. The molecule has 1 aliphatic heterocycles. The van der Waals surface area contributed by atoms with Gasteiger partial charge in [-0.2, -0.15) is 0 Å². The first-order valence-electron chi connectivity index (χ1n) is 7.70. The molecule has 5 nitrogen and oxygen atoms in total. The average Bonchev–Trinajstić information content (AvgIpc) is 2.55. The zero-order valence-corrected chi connectivity index (χ0v) is 13.8. The van der Waals surface area contributed by atoms with Crippen LogP contribution in [-0.4, -0.2) is 54.9 Å². The summed E-state index contributed by atoms with van der Waals surface area (Å²) < 4.78 is 5.29. The van der Waals surface area contributed by atoms with Gasteiger partial charge in [0.05, 0.1) is 7.11 Å². The fourth-order valence-electron chi connectivity index (χ4n) is 2.79. The van der Waals surface area contributed by atoms with Gasteiger partial charge in [-0.05, 0) is 37.1 Å². The molecule has 0 saturated carbocycles. The van der Waals surface area contributed by atoms with Crippen LogP contribution in [-0.2, 0) is 4.79 Å². The van der Waals surface area contributed by atoms with Crippen molar-refractivity contribution >= 4 is 11.8 Å². The van der Waals surface area contributed by atoms with Gasteiger partial charge >= 0.3 is 0 Å². The second kappa shape index (κ2) is 6.81. The van der Waals surface area contributed by atoms with Crippen LogP contribution in [0.5, 0.6) is 5.75 Å². The van der Waals surface area contributed by atoms with Crippen molar-refractivity contribution in [3.63, 3.8) is 0 Å². The van der Waals surface area contributed by atoms with Crippen LogP contribution < -0.4 is 4.74 Å². The minimum atomic E-state index is 0.0341. The van der Waals surface area contributed by atoms with Crippen LogP contribution >= 0.6 is 0 Å². The van der Waals surface area contributed by atoms with Gasteiger partial charge in [-0.15, -0.1) is 0 Å². The molecule has 1 fully saturated rings. The molecule has 0 atom stereocenters. The van der Waals surface area contributed by atoms with Gasteiger partial charge in [0.2, 0.25) is 5.91 Å². The number of ether oxygens (including phenoxy) is 1. The Morgan fingerprint density at radius 3 is 2.18 bits per heavy atom. The minimum absolute atomic E-state index is 0.0341. The van der Waals surface area contributed by atoms with Crippen LogP contribution in [0.1, 0.15) is 34.8 Å². The van der Waals surface area contributed by atoms with E-state index in [4.69, 9.17) is 4.74 Å². The van der Waals surface area contributed by atoms with Crippen molar-refractivity contribution in [1.82, 2.24) is 9.80 Å². The van der Waals surface area contributed by atoms with Crippen LogP contribution in [0, 0.1) is 13.8 Å². The Balaban J connectivity index is 2.10. The largest absolute Gasteiger partial charge is 0.496 e. The third-order valence-electron chi connectivity index (χ3n) is 4.19. The topological polar surface area (TPSA) is 49.9 Å². The molecule has 0 spiro atoms. The fourth-order valence-corrected chi connectivity index (χ4v) is 2.79. The first kappa shape index (κ1) is 16.3. The van der Waals surface area contributed by atoms with Crippen LogP contribution in [0.15, 0.2) is 12.1 Å². The third-order valence-corrected chi connectivity index (χ3v) is 4.19. The van der Waals surface area contributed by atoms with Crippen molar-refractivity contribution in [2.24, 2.45) is 0 Å². The SMILES string of the molecule is CCC(=O)N1CCN(C(=O)c2cc(C)c(OC)cc2C)CC1. The quantitative estimate of drug-likeness (QED) is 0.858. The number of carbonyl (C=O) groups is 2. The van der Waals surface area contributed by atoms with Crippen molar-refractivity contribution in [1.29, 1.82) is 0 Å². The Kier molecular flexibility index (Phi) is 5.06. The van der Waals surface area contributed by atoms with E-state index in [1.54, 1.807) is 7.11 Å². The molecular weight excluding hydrogens is 280 g/mol. The van der Waals surface area contributed by atoms with Crippen molar-refractivity contribution in [2.75, 3.05) is 33.3 Å². The maximum absolute atomic E-state index is 12.7. The molecule has 1 saturated heterocycles. The van der Waals surface area contributed by atoms with Gasteiger partial charge in [0.25, 0.3) is 5.91 Å². The molecule has 1 aliphatic rings. The molecule has 22 heavy (non-hydrogen) atoms. The number of hydrogen-bond acceptors (Lipinski definition) is 3. The molecular formula is C17H24N2O3. The van der Waals surface area contributed by atoms with Crippen molar-refractivity contribution < 1.29 is 14.3 Å². The molecule has 1 aromatic carbocycles. The number of benzene rings is 1. The zero-order chi connectivity index (χ0) is 16.3. The highest BCUT2D eigenvalue weighted by molar-refractivity contribution is 5.96. The summed E-state index contributed by atoms with van der Waals surface area (Å²) in [4.78, 5) is 28.0. The van der Waals surface area contributed by atoms with Crippen LogP contribution in [0.25, 0.3) is 0 Å². The lowest BCUT2D eigenvalue weighted by atomic mass is 10.0. The highest BCUT2D eigenvalue weighted by Gasteiger charge is 2.25. The zero-order valence-electron chi connectivity index (χ0n) is 13.8. The number of piperazine rings is 1. The average molecular weight is 304 g/mol. The Morgan fingerprint density at radius 1 is 1.05 bits per heavy atom. The lowest BCUT2D eigenvalue weighted by Crippen LogP contribution is -2.50. The predicted molar refractivity (Wildman–Crippen MR) is 85.2 cm³/mol. The Morgan fingerprint density at radius 2 is 1.64 bits per heavy atom. The van der Waals surface area contributed by atoms with Crippen LogP contribution in [0.2, 0.25) is 0 Å². The Hall–Kier alpha value is -2.04. The molecule has 2 amide bonds. The molecule has 1 heterocycles. The van der Waals surface area contributed by atoms with E-state index in [0.29, 0.717) is 38.2 Å². The number of nitrogens with zero attached hydrogens (tertiary/aromatic N) is 2. The first-order chi connectivity index (χ1) is 10.5. The van der Waals surface area contributed by atoms with E-state index in [-0.39, 0.29) is 11.8 Å².